The Balaban J connectivity index is 2.00. The number of carbonyl (C=O) groups excluding carboxylic acids is 1. The summed E-state index contributed by atoms with van der Waals surface area (Å²) in [5.41, 5.74) is 2.94. The third kappa shape index (κ3) is 2.83. The first-order valence-corrected chi connectivity index (χ1v) is 8.51. The van der Waals surface area contributed by atoms with Gasteiger partial charge in [-0.2, -0.15) is 5.10 Å². The number of benzene rings is 1. The Morgan fingerprint density at radius 3 is 2.79 bits per heavy atom. The average molecular weight is 361 g/mol. The maximum absolute atomic E-state index is 12.9. The quantitative estimate of drug-likeness (QED) is 0.670. The predicted octanol–water partition coefficient (Wildman–Crippen LogP) is 3.38. The molecule has 0 atom stereocenters. The van der Waals surface area contributed by atoms with Crippen molar-refractivity contribution in [2.75, 3.05) is 4.90 Å². The number of hydrogen-bond acceptors (Lipinski definition) is 3. The lowest BCUT2D eigenvalue weighted by Crippen LogP contribution is -2.31. The largest absolute Gasteiger partial charge is 0.327 e. The van der Waals surface area contributed by atoms with E-state index in [-0.39, 0.29) is 5.91 Å². The van der Waals surface area contributed by atoms with Crippen molar-refractivity contribution >= 4 is 46.6 Å². The van der Waals surface area contributed by atoms with Gasteiger partial charge >= 0.3 is 0 Å². The highest BCUT2D eigenvalue weighted by molar-refractivity contribution is 7.80. The van der Waals surface area contributed by atoms with Crippen molar-refractivity contribution in [2.45, 2.75) is 26.8 Å². The average Bonchev–Trinajstić information content (AvgIpc) is 3.08. The van der Waals surface area contributed by atoms with Crippen molar-refractivity contribution in [3.05, 3.63) is 52.4 Å². The number of amides is 1. The number of halogens is 1. The zero-order valence-electron chi connectivity index (χ0n) is 13.4. The van der Waals surface area contributed by atoms with Gasteiger partial charge in [-0.3, -0.25) is 14.4 Å². The number of rotatable bonds is 4. The molecule has 0 saturated carbocycles. The highest BCUT2D eigenvalue weighted by atomic mass is 35.5. The Bertz CT molecular complexity index is 843. The van der Waals surface area contributed by atoms with E-state index in [1.165, 1.54) is 4.90 Å². The fraction of sp³-hybridized carbons (Fsp3) is 0.235. The van der Waals surface area contributed by atoms with Crippen molar-refractivity contribution < 1.29 is 4.79 Å². The molecule has 0 aliphatic carbocycles. The van der Waals surface area contributed by atoms with E-state index in [2.05, 4.69) is 10.4 Å². The Morgan fingerprint density at radius 2 is 2.08 bits per heavy atom. The molecule has 1 aliphatic heterocycles. The maximum Gasteiger partial charge on any atom is 0.281 e. The monoisotopic (exact) mass is 360 g/mol. The van der Waals surface area contributed by atoms with Crippen LogP contribution in [0, 0.1) is 0 Å². The van der Waals surface area contributed by atoms with Gasteiger partial charge in [0.15, 0.2) is 5.11 Å². The molecule has 1 saturated heterocycles. The van der Waals surface area contributed by atoms with Crippen molar-refractivity contribution in [3.63, 3.8) is 0 Å². The van der Waals surface area contributed by atoms with Crippen molar-refractivity contribution in [3.8, 4) is 0 Å². The van der Waals surface area contributed by atoms with Crippen LogP contribution in [-0.4, -0.2) is 20.8 Å². The first-order chi connectivity index (χ1) is 11.6. The molecule has 2 aromatic rings. The van der Waals surface area contributed by atoms with Gasteiger partial charge in [0, 0.05) is 6.54 Å². The molecule has 24 heavy (non-hydrogen) atoms. The van der Waals surface area contributed by atoms with Gasteiger partial charge in [0.05, 0.1) is 22.6 Å². The number of carbonyl (C=O) groups is 1. The smallest absolute Gasteiger partial charge is 0.281 e. The maximum atomic E-state index is 12.9. The molecule has 2 heterocycles. The normalized spacial score (nSPS) is 16.1. The van der Waals surface area contributed by atoms with E-state index in [1.54, 1.807) is 17.0 Å². The van der Waals surface area contributed by atoms with E-state index in [4.69, 9.17) is 23.8 Å². The number of nitrogens with zero attached hydrogens (tertiary/aromatic N) is 3. The van der Waals surface area contributed by atoms with Crippen molar-refractivity contribution in [1.82, 2.24) is 15.1 Å². The van der Waals surface area contributed by atoms with Gasteiger partial charge < -0.3 is 5.32 Å². The van der Waals surface area contributed by atoms with Crippen LogP contribution < -0.4 is 10.2 Å². The third-order valence-corrected chi connectivity index (χ3v) is 4.48. The molecule has 1 aromatic heterocycles. The summed E-state index contributed by atoms with van der Waals surface area (Å²) in [6, 6.07) is 7.75. The predicted molar refractivity (Wildman–Crippen MR) is 99.9 cm³/mol. The van der Waals surface area contributed by atoms with Crippen LogP contribution in [0.3, 0.4) is 0 Å². The van der Waals surface area contributed by atoms with Gasteiger partial charge in [-0.15, -0.1) is 0 Å². The topological polar surface area (TPSA) is 50.2 Å². The summed E-state index contributed by atoms with van der Waals surface area (Å²) in [6.45, 7) is 4.67. The van der Waals surface area contributed by atoms with Crippen LogP contribution >= 0.6 is 23.8 Å². The second-order valence-corrected chi connectivity index (χ2v) is 6.10. The van der Waals surface area contributed by atoms with Gasteiger partial charge in [0.2, 0.25) is 0 Å². The second kappa shape index (κ2) is 6.75. The van der Waals surface area contributed by atoms with Crippen LogP contribution in [0.25, 0.3) is 6.08 Å². The fourth-order valence-corrected chi connectivity index (χ4v) is 3.17. The Kier molecular flexibility index (Phi) is 4.69. The molecular formula is C17H17ClN4OS. The fourth-order valence-electron chi connectivity index (χ4n) is 2.69. The lowest BCUT2D eigenvalue weighted by molar-refractivity contribution is -0.113. The molecule has 0 radical (unpaired) electrons. The zero-order chi connectivity index (χ0) is 17.3. The summed E-state index contributed by atoms with van der Waals surface area (Å²) < 4.78 is 1.73. The molecule has 1 fully saturated rings. The highest BCUT2D eigenvalue weighted by Gasteiger charge is 2.33. The summed E-state index contributed by atoms with van der Waals surface area (Å²) in [5.74, 6) is -0.194. The van der Waals surface area contributed by atoms with Crippen LogP contribution in [0.15, 0.2) is 36.2 Å². The summed E-state index contributed by atoms with van der Waals surface area (Å²) in [5, 5.41) is 8.03. The molecule has 1 N–H and O–H groups in total. The number of anilines is 1. The van der Waals surface area contributed by atoms with E-state index >= 15 is 0 Å². The number of nitrogens with one attached hydrogen (secondary N) is 1. The molecule has 7 heteroatoms. The zero-order valence-corrected chi connectivity index (χ0v) is 15.0. The number of para-hydroxylation sites is 1. The summed E-state index contributed by atoms with van der Waals surface area (Å²) >= 11 is 11.5. The minimum Gasteiger partial charge on any atom is -0.327 e. The van der Waals surface area contributed by atoms with Crippen LogP contribution in [-0.2, 0) is 17.8 Å². The summed E-state index contributed by atoms with van der Waals surface area (Å²) in [7, 11) is 0. The SMILES string of the molecule is CCc1ccccc1N1C(=O)/C(=C\c2c(Cl)cnn2CC)NC1=S. The summed E-state index contributed by atoms with van der Waals surface area (Å²) in [4.78, 5) is 14.4. The molecule has 1 aliphatic rings. The van der Waals surface area contributed by atoms with Crippen molar-refractivity contribution in [1.29, 1.82) is 0 Å². The lowest BCUT2D eigenvalue weighted by Gasteiger charge is -2.17. The molecule has 1 aromatic carbocycles. The molecule has 0 unspecified atom stereocenters. The van der Waals surface area contributed by atoms with Crippen LogP contribution in [0.5, 0.6) is 0 Å². The second-order valence-electron chi connectivity index (χ2n) is 5.30. The minimum atomic E-state index is -0.194. The van der Waals surface area contributed by atoms with Crippen molar-refractivity contribution in [2.24, 2.45) is 0 Å². The van der Waals surface area contributed by atoms with Gasteiger partial charge in [0.1, 0.15) is 5.70 Å². The standard InChI is InChI=1S/C17H17ClN4OS/c1-3-11-7-5-6-8-14(11)22-16(23)13(20-17(22)24)9-15-12(18)10-19-21(15)4-2/h5-10H,3-4H2,1-2H3,(H,20,24)/b13-9+. The minimum absolute atomic E-state index is 0.194. The lowest BCUT2D eigenvalue weighted by atomic mass is 10.1. The third-order valence-electron chi connectivity index (χ3n) is 3.91. The number of hydrogen-bond donors (Lipinski definition) is 1. The first kappa shape index (κ1) is 16.7. The van der Waals surface area contributed by atoms with Gasteiger partial charge in [-0.1, -0.05) is 36.7 Å². The Morgan fingerprint density at radius 1 is 1.33 bits per heavy atom. The van der Waals surface area contributed by atoms with Crippen LogP contribution in [0.4, 0.5) is 5.69 Å². The highest BCUT2D eigenvalue weighted by Crippen LogP contribution is 2.27. The van der Waals surface area contributed by atoms with E-state index < -0.39 is 0 Å². The van der Waals surface area contributed by atoms with E-state index in [1.807, 2.05) is 38.1 Å². The molecule has 124 valence electrons. The molecule has 3 rings (SSSR count). The Labute approximate surface area is 150 Å². The number of aromatic nitrogens is 2. The molecule has 5 nitrogen and oxygen atoms in total. The number of thiocarbonyl (C=S) groups is 1. The molecule has 0 bridgehead atoms. The van der Waals surface area contributed by atoms with Gasteiger partial charge in [-0.25, -0.2) is 0 Å². The van der Waals surface area contributed by atoms with Crippen LogP contribution in [0.1, 0.15) is 25.1 Å². The number of aryl methyl sites for hydroxylation is 2. The molecule has 1 amide bonds. The molecular weight excluding hydrogens is 344 g/mol. The Hall–Kier alpha value is -2.18. The van der Waals surface area contributed by atoms with E-state index in [0.29, 0.717) is 28.1 Å². The van der Waals surface area contributed by atoms with Crippen LogP contribution in [0.2, 0.25) is 5.02 Å². The van der Waals surface area contributed by atoms with Gasteiger partial charge in [0.25, 0.3) is 5.91 Å². The van der Waals surface area contributed by atoms with Gasteiger partial charge in [-0.05, 0) is 43.3 Å². The summed E-state index contributed by atoms with van der Waals surface area (Å²) in [6.07, 6.45) is 4.08. The van der Waals surface area contributed by atoms with E-state index in [0.717, 1.165) is 17.7 Å². The van der Waals surface area contributed by atoms with E-state index in [9.17, 15) is 4.79 Å². The first-order valence-electron chi connectivity index (χ1n) is 7.73. The molecule has 0 spiro atoms.